The monoisotopic (exact) mass is 281 g/mol. The molecule has 2 heteroatoms. The number of hydrogen-bond donors (Lipinski definition) is 1. The molecule has 0 bridgehead atoms. The van der Waals surface area contributed by atoms with Crippen LogP contribution in [0.3, 0.4) is 0 Å². The van der Waals surface area contributed by atoms with Gasteiger partial charge in [-0.2, -0.15) is 0 Å². The molecule has 0 radical (unpaired) electrons. The molecule has 1 unspecified atom stereocenters. The normalized spacial score (nSPS) is 14.3. The van der Waals surface area contributed by atoms with Crippen LogP contribution >= 0.6 is 11.3 Å². The zero-order chi connectivity index (χ0) is 14.0. The van der Waals surface area contributed by atoms with E-state index in [1.54, 1.807) is 11.3 Å². The quantitative estimate of drug-likeness (QED) is 0.736. The van der Waals surface area contributed by atoms with Gasteiger partial charge in [0.25, 0.3) is 0 Å². The van der Waals surface area contributed by atoms with Gasteiger partial charge in [-0.25, -0.2) is 0 Å². The standard InChI is InChI=1S/C18H19NS/c1-2-18(19,15-8-4-3-5-9-15)12-14-13-20-17-11-7-6-10-16(14)17/h3-11,13H,2,12,19H2,1H3. The highest BCUT2D eigenvalue weighted by molar-refractivity contribution is 7.17. The number of nitrogens with two attached hydrogens (primary N) is 1. The highest BCUT2D eigenvalue weighted by atomic mass is 32.1. The summed E-state index contributed by atoms with van der Waals surface area (Å²) in [7, 11) is 0. The maximum atomic E-state index is 6.71. The third kappa shape index (κ3) is 2.37. The van der Waals surface area contributed by atoms with E-state index in [2.05, 4.69) is 60.8 Å². The van der Waals surface area contributed by atoms with Crippen LogP contribution in [0.2, 0.25) is 0 Å². The number of rotatable bonds is 4. The molecule has 1 atom stereocenters. The summed E-state index contributed by atoms with van der Waals surface area (Å²) < 4.78 is 1.34. The zero-order valence-corrected chi connectivity index (χ0v) is 12.5. The first-order valence-electron chi connectivity index (χ1n) is 7.02. The summed E-state index contributed by atoms with van der Waals surface area (Å²) in [5, 5.41) is 3.60. The van der Waals surface area contributed by atoms with Crippen LogP contribution in [-0.2, 0) is 12.0 Å². The molecule has 0 amide bonds. The first-order valence-corrected chi connectivity index (χ1v) is 7.90. The number of benzene rings is 2. The molecule has 2 aromatic carbocycles. The summed E-state index contributed by atoms with van der Waals surface area (Å²) in [6, 6.07) is 19.0. The smallest absolute Gasteiger partial charge is 0.0448 e. The van der Waals surface area contributed by atoms with E-state index < -0.39 is 0 Å². The van der Waals surface area contributed by atoms with Gasteiger partial charge in [-0.1, -0.05) is 55.5 Å². The molecule has 102 valence electrons. The van der Waals surface area contributed by atoms with Gasteiger partial charge in [-0.05, 0) is 40.8 Å². The van der Waals surface area contributed by atoms with Gasteiger partial charge in [0.2, 0.25) is 0 Å². The maximum Gasteiger partial charge on any atom is 0.0448 e. The van der Waals surface area contributed by atoms with Gasteiger partial charge in [-0.15, -0.1) is 11.3 Å². The van der Waals surface area contributed by atoms with E-state index in [1.807, 2.05) is 6.07 Å². The van der Waals surface area contributed by atoms with Crippen LogP contribution in [0.25, 0.3) is 10.1 Å². The Balaban J connectivity index is 1.99. The van der Waals surface area contributed by atoms with Gasteiger partial charge in [-0.3, -0.25) is 0 Å². The average molecular weight is 281 g/mol. The van der Waals surface area contributed by atoms with Crippen LogP contribution in [0.1, 0.15) is 24.5 Å². The van der Waals surface area contributed by atoms with Crippen molar-refractivity contribution in [2.24, 2.45) is 5.73 Å². The minimum absolute atomic E-state index is 0.287. The van der Waals surface area contributed by atoms with Crippen LogP contribution in [0.5, 0.6) is 0 Å². The van der Waals surface area contributed by atoms with Crippen molar-refractivity contribution in [2.45, 2.75) is 25.3 Å². The van der Waals surface area contributed by atoms with E-state index >= 15 is 0 Å². The molecule has 1 heterocycles. The number of thiophene rings is 1. The first kappa shape index (κ1) is 13.3. The van der Waals surface area contributed by atoms with Crippen molar-refractivity contribution in [3.63, 3.8) is 0 Å². The van der Waals surface area contributed by atoms with Crippen LogP contribution in [-0.4, -0.2) is 0 Å². The fraction of sp³-hybridized carbons (Fsp3) is 0.222. The van der Waals surface area contributed by atoms with E-state index in [-0.39, 0.29) is 5.54 Å². The molecular weight excluding hydrogens is 262 g/mol. The highest BCUT2D eigenvalue weighted by Crippen LogP contribution is 2.32. The highest BCUT2D eigenvalue weighted by Gasteiger charge is 2.26. The minimum atomic E-state index is -0.287. The van der Waals surface area contributed by atoms with Crippen molar-refractivity contribution in [1.82, 2.24) is 0 Å². The molecule has 0 fully saturated rings. The predicted molar refractivity (Wildman–Crippen MR) is 88.1 cm³/mol. The maximum absolute atomic E-state index is 6.71. The van der Waals surface area contributed by atoms with E-state index in [0.29, 0.717) is 0 Å². The second-order valence-electron chi connectivity index (χ2n) is 5.31. The van der Waals surface area contributed by atoms with Crippen molar-refractivity contribution in [1.29, 1.82) is 0 Å². The Bertz CT molecular complexity index is 702. The molecule has 1 nitrogen and oxygen atoms in total. The number of fused-ring (bicyclic) bond motifs is 1. The van der Waals surface area contributed by atoms with E-state index in [0.717, 1.165) is 12.8 Å². The van der Waals surface area contributed by atoms with Gasteiger partial charge in [0.15, 0.2) is 0 Å². The van der Waals surface area contributed by atoms with Crippen LogP contribution < -0.4 is 5.73 Å². The molecule has 0 saturated carbocycles. The summed E-state index contributed by atoms with van der Waals surface area (Å²) in [5.41, 5.74) is 9.00. The SMILES string of the molecule is CCC(N)(Cc1csc2ccccc12)c1ccccc1. The average Bonchev–Trinajstić information content (AvgIpc) is 2.91. The Labute approximate surface area is 124 Å². The summed E-state index contributed by atoms with van der Waals surface area (Å²) in [5.74, 6) is 0. The largest absolute Gasteiger partial charge is 0.321 e. The lowest BCUT2D eigenvalue weighted by atomic mass is 9.82. The molecule has 1 aromatic heterocycles. The summed E-state index contributed by atoms with van der Waals surface area (Å²) >= 11 is 1.80. The predicted octanol–water partition coefficient (Wildman–Crippen LogP) is 4.71. The second-order valence-corrected chi connectivity index (χ2v) is 6.22. The molecule has 0 aliphatic carbocycles. The van der Waals surface area contributed by atoms with Crippen molar-refractivity contribution >= 4 is 21.4 Å². The second kappa shape index (κ2) is 5.39. The number of hydrogen-bond acceptors (Lipinski definition) is 2. The Hall–Kier alpha value is -1.64. The van der Waals surface area contributed by atoms with Gasteiger partial charge in [0, 0.05) is 10.2 Å². The lowest BCUT2D eigenvalue weighted by molar-refractivity contribution is 0.426. The van der Waals surface area contributed by atoms with Gasteiger partial charge < -0.3 is 5.73 Å². The molecule has 0 saturated heterocycles. The van der Waals surface area contributed by atoms with Crippen molar-refractivity contribution in [3.05, 3.63) is 71.1 Å². The molecule has 0 aliphatic rings. The van der Waals surface area contributed by atoms with E-state index in [1.165, 1.54) is 21.2 Å². The summed E-state index contributed by atoms with van der Waals surface area (Å²) in [6.07, 6.45) is 1.82. The lowest BCUT2D eigenvalue weighted by Crippen LogP contribution is -2.38. The molecule has 3 rings (SSSR count). The summed E-state index contributed by atoms with van der Waals surface area (Å²) in [4.78, 5) is 0. The third-order valence-corrected chi connectivity index (χ3v) is 5.06. The van der Waals surface area contributed by atoms with Gasteiger partial charge >= 0.3 is 0 Å². The van der Waals surface area contributed by atoms with Crippen LogP contribution in [0.15, 0.2) is 60.0 Å². The lowest BCUT2D eigenvalue weighted by Gasteiger charge is -2.29. The van der Waals surface area contributed by atoms with Crippen LogP contribution in [0.4, 0.5) is 0 Å². The molecule has 3 aromatic rings. The van der Waals surface area contributed by atoms with Crippen LogP contribution in [0, 0.1) is 0 Å². The van der Waals surface area contributed by atoms with Gasteiger partial charge in [0.1, 0.15) is 0 Å². The Kier molecular flexibility index (Phi) is 3.60. The molecular formula is C18H19NS. The van der Waals surface area contributed by atoms with Crippen molar-refractivity contribution in [3.8, 4) is 0 Å². The summed E-state index contributed by atoms with van der Waals surface area (Å²) in [6.45, 7) is 2.17. The topological polar surface area (TPSA) is 26.0 Å². The fourth-order valence-electron chi connectivity index (χ4n) is 2.71. The molecule has 0 aliphatic heterocycles. The Morgan fingerprint density at radius 3 is 2.45 bits per heavy atom. The van der Waals surface area contributed by atoms with Crippen molar-refractivity contribution in [2.75, 3.05) is 0 Å². The third-order valence-electron chi connectivity index (χ3n) is 4.05. The molecule has 0 spiro atoms. The molecule has 2 N–H and O–H groups in total. The van der Waals surface area contributed by atoms with Crippen molar-refractivity contribution < 1.29 is 0 Å². The van der Waals surface area contributed by atoms with Gasteiger partial charge in [0.05, 0.1) is 0 Å². The fourth-order valence-corrected chi connectivity index (χ4v) is 3.67. The van der Waals surface area contributed by atoms with E-state index in [9.17, 15) is 0 Å². The Morgan fingerprint density at radius 1 is 1.00 bits per heavy atom. The Morgan fingerprint density at radius 2 is 1.70 bits per heavy atom. The minimum Gasteiger partial charge on any atom is -0.321 e. The zero-order valence-electron chi connectivity index (χ0n) is 11.7. The first-order chi connectivity index (χ1) is 9.73. The molecule has 20 heavy (non-hydrogen) atoms. The van der Waals surface area contributed by atoms with E-state index in [4.69, 9.17) is 5.73 Å².